The average Bonchev–Trinajstić information content (AvgIpc) is 3.04. The fraction of sp³-hybridized carbons (Fsp3) is 0.417. The van der Waals surface area contributed by atoms with Crippen molar-refractivity contribution in [3.05, 3.63) is 42.0 Å². The van der Waals surface area contributed by atoms with E-state index in [0.717, 1.165) is 9.87 Å². The molecule has 0 radical (unpaired) electrons. The van der Waals surface area contributed by atoms with Gasteiger partial charge in [0.25, 0.3) is 5.91 Å². The molecule has 2 aromatic carbocycles. The Morgan fingerprint density at radius 2 is 1.78 bits per heavy atom. The fourth-order valence-corrected chi connectivity index (χ4v) is 5.74. The number of hydroxylamine groups is 1. The molecule has 0 saturated carbocycles. The molecule has 0 saturated heterocycles. The minimum Gasteiger partial charge on any atom is -0.497 e. The van der Waals surface area contributed by atoms with Crippen molar-refractivity contribution >= 4 is 27.6 Å². The molecule has 1 heterocycles. The van der Waals surface area contributed by atoms with Crippen LogP contribution in [0.25, 0.3) is 0 Å². The van der Waals surface area contributed by atoms with E-state index in [2.05, 4.69) is 10.1 Å². The van der Waals surface area contributed by atoms with Gasteiger partial charge in [-0.15, -0.1) is 0 Å². The number of ether oxygens (including phenoxy) is 4. The van der Waals surface area contributed by atoms with Gasteiger partial charge in [-0.3, -0.25) is 14.8 Å². The Bertz CT molecular complexity index is 1200. The molecule has 0 unspecified atom stereocenters. The van der Waals surface area contributed by atoms with Crippen molar-refractivity contribution in [1.82, 2.24) is 9.79 Å². The van der Waals surface area contributed by atoms with Crippen LogP contribution in [-0.4, -0.2) is 70.3 Å². The van der Waals surface area contributed by atoms with Crippen molar-refractivity contribution in [2.24, 2.45) is 0 Å². The van der Waals surface area contributed by atoms with Crippen molar-refractivity contribution in [2.75, 3.05) is 39.7 Å². The summed E-state index contributed by atoms with van der Waals surface area (Å²) in [6.45, 7) is 0.353. The molecule has 12 nitrogen and oxygen atoms in total. The number of sulfonamides is 1. The van der Waals surface area contributed by atoms with Crippen LogP contribution < -0.4 is 25.0 Å². The Kier molecular flexibility index (Phi) is 9.55. The highest BCUT2D eigenvalue weighted by Gasteiger charge is 2.38. The lowest BCUT2D eigenvalue weighted by molar-refractivity contribution is -0.141. The molecule has 0 bridgehead atoms. The van der Waals surface area contributed by atoms with Crippen molar-refractivity contribution in [3.8, 4) is 17.2 Å². The molecule has 1 aliphatic rings. The molecule has 2 aromatic rings. The molecule has 0 fully saturated rings. The Hall–Kier alpha value is -3.55. The zero-order chi connectivity index (χ0) is 27.0. The Labute approximate surface area is 215 Å². The van der Waals surface area contributed by atoms with E-state index in [-0.39, 0.29) is 43.9 Å². The van der Waals surface area contributed by atoms with E-state index in [9.17, 15) is 23.2 Å². The normalized spacial score (nSPS) is 15.4. The van der Waals surface area contributed by atoms with Gasteiger partial charge in [-0.2, -0.15) is 4.31 Å². The minimum atomic E-state index is -4.14. The van der Waals surface area contributed by atoms with Gasteiger partial charge in [-0.05, 0) is 42.7 Å². The monoisotopic (exact) mass is 537 g/mol. The number of carbonyl (C=O) groups is 2. The molecule has 0 aliphatic carbocycles. The van der Waals surface area contributed by atoms with E-state index < -0.39 is 27.9 Å². The van der Waals surface area contributed by atoms with E-state index in [4.69, 9.17) is 14.2 Å². The van der Waals surface area contributed by atoms with Crippen LogP contribution in [0.3, 0.4) is 0 Å². The van der Waals surface area contributed by atoms with Crippen LogP contribution in [0.4, 0.5) is 5.69 Å². The van der Waals surface area contributed by atoms with E-state index in [0.29, 0.717) is 22.9 Å². The summed E-state index contributed by atoms with van der Waals surface area (Å²) >= 11 is 0. The van der Waals surface area contributed by atoms with E-state index >= 15 is 0 Å². The standard InChI is InChI=1S/C24H31N3O9S/c1-33-18-11-16(12-19(13-18)34-2)15-36-17-7-8-22-20(14-17)25-9-10-27(37(22,31)32)21(24(29)26-30)5-4-6-23(28)35-3/h7-8,11-14,21,25,30H,4-6,9-10,15H2,1-3H3,(H,26,29)/t21-/m0/s1. The molecule has 0 aromatic heterocycles. The highest BCUT2D eigenvalue weighted by atomic mass is 32.2. The van der Waals surface area contributed by atoms with Gasteiger partial charge in [0, 0.05) is 31.6 Å². The largest absolute Gasteiger partial charge is 0.497 e. The number of fused-ring (bicyclic) bond motifs is 1. The number of benzene rings is 2. The van der Waals surface area contributed by atoms with Crippen molar-refractivity contribution in [1.29, 1.82) is 0 Å². The molecule has 0 spiro atoms. The number of nitrogens with one attached hydrogen (secondary N) is 2. The van der Waals surface area contributed by atoms with Crippen LogP contribution in [0.2, 0.25) is 0 Å². The lowest BCUT2D eigenvalue weighted by Crippen LogP contribution is -2.49. The number of hydrogen-bond donors (Lipinski definition) is 3. The van der Waals surface area contributed by atoms with E-state index in [1.807, 2.05) is 0 Å². The number of nitrogens with zero attached hydrogens (tertiary/aromatic N) is 1. The number of esters is 1. The third-order valence-corrected chi connectivity index (χ3v) is 7.81. The summed E-state index contributed by atoms with van der Waals surface area (Å²) in [6.07, 6.45) is 0.217. The summed E-state index contributed by atoms with van der Waals surface area (Å²) < 4.78 is 49.1. The van der Waals surface area contributed by atoms with Crippen LogP contribution >= 0.6 is 0 Å². The first-order chi connectivity index (χ1) is 17.7. The summed E-state index contributed by atoms with van der Waals surface area (Å²) in [5, 5.41) is 12.3. The molecular formula is C24H31N3O9S. The van der Waals surface area contributed by atoms with Gasteiger partial charge in [0.2, 0.25) is 10.0 Å². The maximum Gasteiger partial charge on any atom is 0.305 e. The SMILES string of the molecule is COC(=O)CCC[C@@H](C(=O)NO)N1CCNc2cc(OCc3cc(OC)cc(OC)c3)ccc2S1(=O)=O. The zero-order valence-electron chi connectivity index (χ0n) is 20.9. The molecule has 3 N–H and O–H groups in total. The molecule has 3 rings (SSSR count). The summed E-state index contributed by atoms with van der Waals surface area (Å²) in [6, 6.07) is 8.64. The highest BCUT2D eigenvalue weighted by Crippen LogP contribution is 2.33. The highest BCUT2D eigenvalue weighted by molar-refractivity contribution is 7.89. The quantitative estimate of drug-likeness (QED) is 0.220. The summed E-state index contributed by atoms with van der Waals surface area (Å²) in [5.41, 5.74) is 2.65. The molecule has 1 amide bonds. The maximum absolute atomic E-state index is 13.5. The van der Waals surface area contributed by atoms with Gasteiger partial charge in [0.1, 0.15) is 34.8 Å². The molecule has 1 atom stereocenters. The Morgan fingerprint density at radius 1 is 1.08 bits per heavy atom. The average molecular weight is 538 g/mol. The first-order valence-corrected chi connectivity index (χ1v) is 12.9. The third-order valence-electron chi connectivity index (χ3n) is 5.85. The van der Waals surface area contributed by atoms with E-state index in [1.165, 1.54) is 24.7 Å². The zero-order valence-corrected chi connectivity index (χ0v) is 21.7. The summed E-state index contributed by atoms with van der Waals surface area (Å²) in [4.78, 5) is 23.8. The first-order valence-electron chi connectivity index (χ1n) is 11.5. The second kappa shape index (κ2) is 12.6. The van der Waals surface area contributed by atoms with Crippen LogP contribution in [-0.2, 0) is 31.0 Å². The van der Waals surface area contributed by atoms with Crippen molar-refractivity contribution in [2.45, 2.75) is 36.8 Å². The number of rotatable bonds is 11. The number of hydrogen-bond acceptors (Lipinski definition) is 10. The van der Waals surface area contributed by atoms with Crippen LogP contribution in [0, 0.1) is 0 Å². The molecule has 202 valence electrons. The lowest BCUT2D eigenvalue weighted by Gasteiger charge is -2.28. The van der Waals surface area contributed by atoms with Gasteiger partial charge in [0.15, 0.2) is 0 Å². The fourth-order valence-electron chi connectivity index (χ4n) is 3.97. The predicted octanol–water partition coefficient (Wildman–Crippen LogP) is 1.92. The number of amides is 1. The van der Waals surface area contributed by atoms with Crippen LogP contribution in [0.5, 0.6) is 17.2 Å². The lowest BCUT2D eigenvalue weighted by atomic mass is 10.1. The molecule has 37 heavy (non-hydrogen) atoms. The molecule has 1 aliphatic heterocycles. The summed E-state index contributed by atoms with van der Waals surface area (Å²) in [5.74, 6) is 0.292. The maximum atomic E-state index is 13.5. The van der Waals surface area contributed by atoms with Gasteiger partial charge >= 0.3 is 5.97 Å². The van der Waals surface area contributed by atoms with Gasteiger partial charge in [0.05, 0.1) is 27.0 Å². The number of methoxy groups -OCH3 is 3. The third kappa shape index (κ3) is 6.81. The van der Waals surface area contributed by atoms with Crippen molar-refractivity contribution < 1.29 is 42.2 Å². The number of carbonyl (C=O) groups excluding carboxylic acids is 2. The minimum absolute atomic E-state index is 0.00823. The summed E-state index contributed by atoms with van der Waals surface area (Å²) in [7, 11) is 0.208. The second-order valence-corrected chi connectivity index (χ2v) is 10.0. The number of anilines is 1. The molecule has 13 heteroatoms. The van der Waals surface area contributed by atoms with E-state index in [1.54, 1.807) is 38.5 Å². The second-order valence-electron chi connectivity index (χ2n) is 8.17. The predicted molar refractivity (Wildman–Crippen MR) is 132 cm³/mol. The van der Waals surface area contributed by atoms with Gasteiger partial charge in [-0.25, -0.2) is 13.9 Å². The van der Waals surface area contributed by atoms with Crippen LogP contribution in [0.15, 0.2) is 41.3 Å². The van der Waals surface area contributed by atoms with Gasteiger partial charge < -0.3 is 24.3 Å². The Morgan fingerprint density at radius 3 is 2.41 bits per heavy atom. The smallest absolute Gasteiger partial charge is 0.305 e. The van der Waals surface area contributed by atoms with Crippen LogP contribution in [0.1, 0.15) is 24.8 Å². The van der Waals surface area contributed by atoms with Crippen molar-refractivity contribution in [3.63, 3.8) is 0 Å². The Balaban J connectivity index is 1.81. The first kappa shape index (κ1) is 28.0. The topological polar surface area (TPSA) is 153 Å². The van der Waals surface area contributed by atoms with Gasteiger partial charge in [-0.1, -0.05) is 0 Å². The molecular weight excluding hydrogens is 506 g/mol.